The Hall–Kier alpha value is -0.0800. The Bertz CT molecular complexity index is 715. The molecule has 0 aromatic heterocycles. The van der Waals surface area contributed by atoms with E-state index in [1.165, 1.54) is 0 Å². The predicted octanol–water partition coefficient (Wildman–Crippen LogP) is 1.31. The van der Waals surface area contributed by atoms with Crippen molar-refractivity contribution < 1.29 is 43.6 Å². The van der Waals surface area contributed by atoms with Gasteiger partial charge in [0.15, 0.2) is 0 Å². The topological polar surface area (TPSA) is 136 Å². The summed E-state index contributed by atoms with van der Waals surface area (Å²) in [4.78, 5) is 47.6. The fraction of sp³-hybridized carbons (Fsp3) is 0.750. The molecule has 4 fully saturated rings. The molecule has 0 radical (unpaired) electrons. The van der Waals surface area contributed by atoms with E-state index in [1.54, 1.807) is 0 Å². The normalized spacial score (nSPS) is 49.9. The van der Waals surface area contributed by atoms with E-state index in [0.29, 0.717) is 0 Å². The Kier molecular flexibility index (Phi) is 5.95. The molecular weight excluding hydrogens is 656 g/mol. The van der Waals surface area contributed by atoms with Crippen LogP contribution in [0.15, 0.2) is 0 Å². The molecule has 4 aliphatic heterocycles. The van der Waals surface area contributed by atoms with E-state index in [0.717, 1.165) is 0 Å². The third-order valence-corrected chi connectivity index (χ3v) is 11.8. The van der Waals surface area contributed by atoms with Gasteiger partial charge in [-0.2, -0.15) is 0 Å². The number of esters is 2. The number of alkyl halides is 4. The molecule has 2 N–H and O–H groups in total. The quantitative estimate of drug-likeness (QED) is 0.258. The van der Waals surface area contributed by atoms with Crippen LogP contribution < -0.4 is 0 Å². The molecule has 4 saturated heterocycles. The van der Waals surface area contributed by atoms with Gasteiger partial charge < -0.3 is 24.4 Å². The lowest BCUT2D eigenvalue weighted by molar-refractivity contribution is -0.172. The second-order valence-electron chi connectivity index (χ2n) is 7.43. The van der Waals surface area contributed by atoms with Gasteiger partial charge in [0.1, 0.15) is 11.8 Å². The monoisotopic (exact) mass is 666 g/mol. The first-order valence-electron chi connectivity index (χ1n) is 8.64. The summed E-state index contributed by atoms with van der Waals surface area (Å²) in [6, 6.07) is 0. The summed E-state index contributed by atoms with van der Waals surface area (Å²) in [5, 5.41) is 19.1. The van der Waals surface area contributed by atoms with Crippen LogP contribution in [-0.2, 0) is 33.4 Å². The molecule has 4 heterocycles. The minimum absolute atomic E-state index is 0.311. The van der Waals surface area contributed by atoms with Gasteiger partial charge in [-0.15, -0.1) is 0 Å². The molecule has 4 rings (SSSR count). The van der Waals surface area contributed by atoms with Gasteiger partial charge in [-0.25, -0.2) is 0 Å². The molecule has 12 unspecified atom stereocenters. The molecule has 0 saturated carbocycles. The molecule has 0 aromatic rings. The number of fused-ring (bicyclic) bond motifs is 4. The number of carboxylic acids is 2. The standard InChI is InChI=1S/C16H14Br4O9/c17-5-7(19)11-3(1(13(21)22)9(5)27-11)15(25)29-16(26)4-2(14(23)24)10-6(18)8(20)12(4)28-10/h1-12H,(H,21,22)(H,23,24). The lowest BCUT2D eigenvalue weighted by Gasteiger charge is -2.31. The highest BCUT2D eigenvalue weighted by atomic mass is 79.9. The van der Waals surface area contributed by atoms with Gasteiger partial charge in [0.25, 0.3) is 0 Å². The summed E-state index contributed by atoms with van der Waals surface area (Å²) in [5.41, 5.74) is 0. The first-order valence-corrected chi connectivity index (χ1v) is 12.3. The van der Waals surface area contributed by atoms with Crippen LogP contribution >= 0.6 is 63.7 Å². The van der Waals surface area contributed by atoms with Crippen molar-refractivity contribution in [2.24, 2.45) is 23.7 Å². The van der Waals surface area contributed by atoms with Crippen molar-refractivity contribution >= 4 is 87.6 Å². The maximum Gasteiger partial charge on any atom is 0.320 e. The minimum Gasteiger partial charge on any atom is -0.481 e. The summed E-state index contributed by atoms with van der Waals surface area (Å²) in [6.07, 6.45) is -3.08. The zero-order chi connectivity index (χ0) is 21.4. The van der Waals surface area contributed by atoms with Crippen molar-refractivity contribution in [3.05, 3.63) is 0 Å². The van der Waals surface area contributed by atoms with Crippen LogP contribution in [0.25, 0.3) is 0 Å². The summed E-state index contributed by atoms with van der Waals surface area (Å²) in [5.74, 6) is -9.27. The zero-order valence-electron chi connectivity index (χ0n) is 14.2. The van der Waals surface area contributed by atoms with E-state index in [-0.39, 0.29) is 19.3 Å². The molecule has 4 aliphatic rings. The van der Waals surface area contributed by atoms with Gasteiger partial charge in [0.2, 0.25) is 0 Å². The van der Waals surface area contributed by atoms with Crippen LogP contribution in [0.5, 0.6) is 0 Å². The summed E-state index contributed by atoms with van der Waals surface area (Å²) < 4.78 is 16.3. The first kappa shape index (κ1) is 22.1. The van der Waals surface area contributed by atoms with Crippen molar-refractivity contribution in [1.82, 2.24) is 0 Å². The third kappa shape index (κ3) is 3.25. The van der Waals surface area contributed by atoms with E-state index in [2.05, 4.69) is 63.7 Å². The summed E-state index contributed by atoms with van der Waals surface area (Å²) in [6.45, 7) is 0. The maximum absolute atomic E-state index is 12.8. The highest BCUT2D eigenvalue weighted by Gasteiger charge is 2.66. The molecule has 160 valence electrons. The molecule has 0 aliphatic carbocycles. The number of rotatable bonds is 4. The van der Waals surface area contributed by atoms with Gasteiger partial charge in [0.05, 0.1) is 55.6 Å². The van der Waals surface area contributed by atoms with E-state index in [1.807, 2.05) is 0 Å². The van der Waals surface area contributed by atoms with Crippen molar-refractivity contribution in [2.75, 3.05) is 0 Å². The largest absolute Gasteiger partial charge is 0.481 e. The van der Waals surface area contributed by atoms with Gasteiger partial charge in [-0.1, -0.05) is 63.7 Å². The molecule has 0 amide bonds. The molecule has 13 heteroatoms. The van der Waals surface area contributed by atoms with Crippen LogP contribution in [0.3, 0.4) is 0 Å². The van der Waals surface area contributed by atoms with Crippen LogP contribution in [0.2, 0.25) is 0 Å². The highest BCUT2D eigenvalue weighted by molar-refractivity contribution is 9.12. The van der Waals surface area contributed by atoms with E-state index < -0.39 is 72.0 Å². The van der Waals surface area contributed by atoms with E-state index in [4.69, 9.17) is 14.2 Å². The number of aliphatic carboxylic acids is 2. The Morgan fingerprint density at radius 1 is 0.586 bits per heavy atom. The van der Waals surface area contributed by atoms with Crippen LogP contribution in [0, 0.1) is 23.7 Å². The average Bonchev–Trinajstić information content (AvgIpc) is 3.36. The Morgan fingerprint density at radius 2 is 0.862 bits per heavy atom. The average molecular weight is 670 g/mol. The van der Waals surface area contributed by atoms with Crippen molar-refractivity contribution in [3.63, 3.8) is 0 Å². The van der Waals surface area contributed by atoms with Crippen LogP contribution in [0.4, 0.5) is 0 Å². The zero-order valence-corrected chi connectivity index (χ0v) is 20.5. The number of hydrogen-bond donors (Lipinski definition) is 2. The van der Waals surface area contributed by atoms with Gasteiger partial charge in [-0.05, 0) is 0 Å². The van der Waals surface area contributed by atoms with E-state index in [9.17, 15) is 29.4 Å². The first-order chi connectivity index (χ1) is 13.6. The van der Waals surface area contributed by atoms with Crippen molar-refractivity contribution in [3.8, 4) is 0 Å². The summed E-state index contributed by atoms with van der Waals surface area (Å²) in [7, 11) is 0. The third-order valence-electron chi connectivity index (χ3n) is 6.00. The fourth-order valence-electron chi connectivity index (χ4n) is 4.72. The van der Waals surface area contributed by atoms with Crippen molar-refractivity contribution in [2.45, 2.75) is 43.7 Å². The number of carbonyl (C=O) groups excluding carboxylic acids is 2. The molecule has 9 nitrogen and oxygen atoms in total. The number of carboxylic acid groups (broad SMARTS) is 2. The number of halogens is 4. The maximum atomic E-state index is 12.8. The number of carbonyl (C=O) groups is 4. The minimum atomic E-state index is -1.23. The Labute approximate surface area is 197 Å². The number of hydrogen-bond acceptors (Lipinski definition) is 7. The van der Waals surface area contributed by atoms with Crippen molar-refractivity contribution in [1.29, 1.82) is 0 Å². The molecule has 4 bridgehead atoms. The highest BCUT2D eigenvalue weighted by Crippen LogP contribution is 2.52. The Balaban J connectivity index is 1.53. The predicted molar refractivity (Wildman–Crippen MR) is 109 cm³/mol. The lowest BCUT2D eigenvalue weighted by atomic mass is 9.78. The molecular formula is C16H14Br4O9. The second-order valence-corrected chi connectivity index (χ2v) is 11.7. The SMILES string of the molecule is O=C(O)C1C2OC(C(Br)C2Br)C1C(=O)OC(=O)C1C2OC(C(Br)C2Br)C1C(=O)O. The lowest BCUT2D eigenvalue weighted by Crippen LogP contribution is -2.51. The van der Waals surface area contributed by atoms with Gasteiger partial charge >= 0.3 is 23.9 Å². The second kappa shape index (κ2) is 7.80. The molecule has 12 atom stereocenters. The summed E-state index contributed by atoms with van der Waals surface area (Å²) >= 11 is 13.5. The molecule has 0 aromatic carbocycles. The van der Waals surface area contributed by atoms with Gasteiger partial charge in [0, 0.05) is 0 Å². The van der Waals surface area contributed by atoms with Crippen LogP contribution in [-0.4, -0.2) is 77.8 Å². The number of ether oxygens (including phenoxy) is 3. The molecule has 29 heavy (non-hydrogen) atoms. The Morgan fingerprint density at radius 3 is 1.14 bits per heavy atom. The fourth-order valence-corrected chi connectivity index (χ4v) is 7.74. The van der Waals surface area contributed by atoms with Crippen LogP contribution in [0.1, 0.15) is 0 Å². The smallest absolute Gasteiger partial charge is 0.320 e. The molecule has 0 spiro atoms. The van der Waals surface area contributed by atoms with Gasteiger partial charge in [-0.3, -0.25) is 19.2 Å². The van der Waals surface area contributed by atoms with E-state index >= 15 is 0 Å².